The zero-order chi connectivity index (χ0) is 12.5. The van der Waals surface area contributed by atoms with Crippen LogP contribution >= 0.6 is 22.6 Å². The number of hydrogen-bond acceptors (Lipinski definition) is 2. The zero-order valence-corrected chi connectivity index (χ0v) is 12.0. The van der Waals surface area contributed by atoms with Crippen molar-refractivity contribution in [2.24, 2.45) is 0 Å². The molecular weight excluding hydrogens is 329 g/mol. The second kappa shape index (κ2) is 4.94. The predicted octanol–water partition coefficient (Wildman–Crippen LogP) is 2.34. The van der Waals surface area contributed by atoms with Gasteiger partial charge < -0.3 is 10.0 Å². The molecule has 1 aliphatic rings. The monoisotopic (exact) mass is 345 g/mol. The SMILES string of the molecule is CN1CCC(C(=O)O)(c2ccc(I)cc2)CC1. The summed E-state index contributed by atoms with van der Waals surface area (Å²) in [5.41, 5.74) is 0.259. The average Bonchev–Trinajstić information content (AvgIpc) is 2.31. The van der Waals surface area contributed by atoms with Gasteiger partial charge in [-0.15, -0.1) is 0 Å². The number of rotatable bonds is 2. The Labute approximate surface area is 115 Å². The van der Waals surface area contributed by atoms with E-state index in [2.05, 4.69) is 27.5 Å². The first kappa shape index (κ1) is 12.8. The summed E-state index contributed by atoms with van der Waals surface area (Å²) in [6.45, 7) is 1.69. The molecule has 0 aliphatic carbocycles. The van der Waals surface area contributed by atoms with Gasteiger partial charge in [0.25, 0.3) is 0 Å². The molecule has 17 heavy (non-hydrogen) atoms. The van der Waals surface area contributed by atoms with E-state index in [-0.39, 0.29) is 0 Å². The molecular formula is C13H16INO2. The van der Waals surface area contributed by atoms with Crippen LogP contribution in [0.1, 0.15) is 18.4 Å². The Bertz CT molecular complexity index is 408. The summed E-state index contributed by atoms with van der Waals surface area (Å²) in [5, 5.41) is 9.58. The number of aliphatic carboxylic acids is 1. The number of halogens is 1. The van der Waals surface area contributed by atoms with Crippen LogP contribution in [0.4, 0.5) is 0 Å². The molecule has 92 valence electrons. The van der Waals surface area contributed by atoms with E-state index in [1.54, 1.807) is 0 Å². The third kappa shape index (κ3) is 2.47. The molecule has 0 amide bonds. The molecule has 2 rings (SSSR count). The van der Waals surface area contributed by atoms with Crippen molar-refractivity contribution >= 4 is 28.6 Å². The van der Waals surface area contributed by atoms with Crippen LogP contribution in [-0.2, 0) is 10.2 Å². The molecule has 3 nitrogen and oxygen atoms in total. The molecule has 1 saturated heterocycles. The summed E-state index contributed by atoms with van der Waals surface area (Å²) in [5.74, 6) is -0.688. The van der Waals surface area contributed by atoms with E-state index in [9.17, 15) is 9.90 Å². The Hall–Kier alpha value is -0.620. The molecule has 0 saturated carbocycles. The lowest BCUT2D eigenvalue weighted by Crippen LogP contribution is -2.46. The van der Waals surface area contributed by atoms with E-state index in [1.807, 2.05) is 31.3 Å². The van der Waals surface area contributed by atoms with Gasteiger partial charge in [0.1, 0.15) is 0 Å². The van der Waals surface area contributed by atoms with Gasteiger partial charge in [0.05, 0.1) is 5.41 Å². The van der Waals surface area contributed by atoms with Crippen molar-refractivity contribution in [3.8, 4) is 0 Å². The molecule has 0 spiro atoms. The van der Waals surface area contributed by atoms with Crippen molar-refractivity contribution in [3.05, 3.63) is 33.4 Å². The van der Waals surface area contributed by atoms with Crippen molar-refractivity contribution in [2.45, 2.75) is 18.3 Å². The minimum absolute atomic E-state index is 0.684. The number of benzene rings is 1. The summed E-state index contributed by atoms with van der Waals surface area (Å²) in [6, 6.07) is 7.89. The predicted molar refractivity (Wildman–Crippen MR) is 75.2 cm³/mol. The van der Waals surface area contributed by atoms with Gasteiger partial charge in [-0.3, -0.25) is 4.79 Å². The first-order valence-electron chi connectivity index (χ1n) is 5.72. The first-order valence-corrected chi connectivity index (χ1v) is 6.80. The Balaban J connectivity index is 2.35. The van der Waals surface area contributed by atoms with Crippen molar-refractivity contribution < 1.29 is 9.90 Å². The minimum Gasteiger partial charge on any atom is -0.481 e. The first-order chi connectivity index (χ1) is 8.04. The van der Waals surface area contributed by atoms with E-state index < -0.39 is 11.4 Å². The molecule has 1 aliphatic heterocycles. The topological polar surface area (TPSA) is 40.5 Å². The number of carbonyl (C=O) groups is 1. The number of hydrogen-bond donors (Lipinski definition) is 1. The molecule has 4 heteroatoms. The quantitative estimate of drug-likeness (QED) is 0.837. The van der Waals surface area contributed by atoms with Gasteiger partial charge in [-0.1, -0.05) is 12.1 Å². The highest BCUT2D eigenvalue weighted by Gasteiger charge is 2.42. The maximum Gasteiger partial charge on any atom is 0.314 e. The van der Waals surface area contributed by atoms with Crippen LogP contribution in [0, 0.1) is 3.57 Å². The van der Waals surface area contributed by atoms with Crippen LogP contribution < -0.4 is 0 Å². The second-order valence-electron chi connectivity index (χ2n) is 4.70. The normalized spacial score (nSPS) is 20.1. The van der Waals surface area contributed by atoms with Crippen LogP contribution in [0.3, 0.4) is 0 Å². The smallest absolute Gasteiger partial charge is 0.314 e. The van der Waals surface area contributed by atoms with Crippen molar-refractivity contribution in [1.82, 2.24) is 4.90 Å². The minimum atomic E-state index is -0.688. The molecule has 0 bridgehead atoms. The Morgan fingerprint density at radius 3 is 2.29 bits per heavy atom. The summed E-state index contributed by atoms with van der Waals surface area (Å²) in [6.07, 6.45) is 1.39. The standard InChI is InChI=1S/C13H16INO2/c1-15-8-6-13(7-9-15,12(16)17)10-2-4-11(14)5-3-10/h2-5H,6-9H2,1H3,(H,16,17). The molecule has 0 atom stereocenters. The molecule has 1 aromatic rings. The van der Waals surface area contributed by atoms with Crippen LogP contribution in [0.2, 0.25) is 0 Å². The zero-order valence-electron chi connectivity index (χ0n) is 9.82. The number of likely N-dealkylation sites (tertiary alicyclic amines) is 1. The van der Waals surface area contributed by atoms with Crippen molar-refractivity contribution in [1.29, 1.82) is 0 Å². The van der Waals surface area contributed by atoms with Gasteiger partial charge in [-0.25, -0.2) is 0 Å². The van der Waals surface area contributed by atoms with E-state index in [0.717, 1.165) is 22.2 Å². The largest absolute Gasteiger partial charge is 0.481 e. The molecule has 1 aromatic carbocycles. The highest BCUT2D eigenvalue weighted by Crippen LogP contribution is 2.35. The Morgan fingerprint density at radius 2 is 1.82 bits per heavy atom. The van der Waals surface area contributed by atoms with Crippen LogP contribution in [0.15, 0.2) is 24.3 Å². The molecule has 1 N–H and O–H groups in total. The van der Waals surface area contributed by atoms with Gasteiger partial charge in [0.15, 0.2) is 0 Å². The maximum absolute atomic E-state index is 11.6. The van der Waals surface area contributed by atoms with Crippen molar-refractivity contribution in [2.75, 3.05) is 20.1 Å². The van der Waals surface area contributed by atoms with E-state index in [1.165, 1.54) is 0 Å². The number of carboxylic acids is 1. The highest BCUT2D eigenvalue weighted by atomic mass is 127. The lowest BCUT2D eigenvalue weighted by Gasteiger charge is -2.37. The average molecular weight is 345 g/mol. The number of carboxylic acid groups (broad SMARTS) is 1. The van der Waals surface area contributed by atoms with Gasteiger partial charge in [0, 0.05) is 3.57 Å². The third-order valence-electron chi connectivity index (χ3n) is 3.65. The van der Waals surface area contributed by atoms with Gasteiger partial charge in [-0.2, -0.15) is 0 Å². The summed E-state index contributed by atoms with van der Waals surface area (Å²) in [4.78, 5) is 13.8. The Kier molecular flexibility index (Phi) is 3.73. The Morgan fingerprint density at radius 1 is 1.29 bits per heavy atom. The summed E-state index contributed by atoms with van der Waals surface area (Å²) < 4.78 is 1.14. The van der Waals surface area contributed by atoms with Crippen LogP contribution in [0.5, 0.6) is 0 Å². The maximum atomic E-state index is 11.6. The summed E-state index contributed by atoms with van der Waals surface area (Å²) >= 11 is 2.24. The molecule has 1 fully saturated rings. The second-order valence-corrected chi connectivity index (χ2v) is 5.94. The van der Waals surface area contributed by atoms with E-state index in [0.29, 0.717) is 12.8 Å². The lowest BCUT2D eigenvalue weighted by molar-refractivity contribution is -0.145. The third-order valence-corrected chi connectivity index (χ3v) is 4.37. The fourth-order valence-corrected chi connectivity index (χ4v) is 2.75. The highest BCUT2D eigenvalue weighted by molar-refractivity contribution is 14.1. The molecule has 0 unspecified atom stereocenters. The molecule has 0 radical (unpaired) electrons. The van der Waals surface area contributed by atoms with Gasteiger partial charge >= 0.3 is 5.97 Å². The summed E-state index contributed by atoms with van der Waals surface area (Å²) in [7, 11) is 2.04. The molecule has 0 aromatic heterocycles. The van der Waals surface area contributed by atoms with E-state index >= 15 is 0 Å². The molecule has 1 heterocycles. The van der Waals surface area contributed by atoms with Crippen LogP contribution in [-0.4, -0.2) is 36.1 Å². The lowest BCUT2D eigenvalue weighted by atomic mass is 9.73. The van der Waals surface area contributed by atoms with E-state index in [4.69, 9.17) is 0 Å². The van der Waals surface area contributed by atoms with Crippen LogP contribution in [0.25, 0.3) is 0 Å². The van der Waals surface area contributed by atoms with Gasteiger partial charge in [0.2, 0.25) is 0 Å². The fraction of sp³-hybridized carbons (Fsp3) is 0.462. The van der Waals surface area contributed by atoms with Crippen molar-refractivity contribution in [3.63, 3.8) is 0 Å². The van der Waals surface area contributed by atoms with Gasteiger partial charge in [-0.05, 0) is 73.3 Å². The fourth-order valence-electron chi connectivity index (χ4n) is 2.40. The number of piperidine rings is 1. The number of nitrogens with zero attached hydrogens (tertiary/aromatic N) is 1.